The van der Waals surface area contributed by atoms with Crippen LogP contribution in [0.4, 0.5) is 9.59 Å². The van der Waals surface area contributed by atoms with Crippen molar-refractivity contribution in [2.75, 3.05) is 6.54 Å². The van der Waals surface area contributed by atoms with Crippen molar-refractivity contribution in [3.63, 3.8) is 0 Å². The van der Waals surface area contributed by atoms with Crippen LogP contribution in [-0.2, 0) is 11.2 Å². The molecule has 2 bridgehead atoms. The van der Waals surface area contributed by atoms with Crippen LogP contribution in [0.5, 0.6) is 0 Å². The number of nitrogens with one attached hydrogen (secondary N) is 1. The van der Waals surface area contributed by atoms with Crippen LogP contribution in [0.2, 0.25) is 0 Å². The molecule has 10 heteroatoms. The highest BCUT2D eigenvalue weighted by Crippen LogP contribution is 2.37. The highest BCUT2D eigenvalue weighted by atomic mass is 16.6. The number of piperidine rings is 1. The van der Waals surface area contributed by atoms with E-state index in [0.29, 0.717) is 37.1 Å². The van der Waals surface area contributed by atoms with Gasteiger partial charge in [0.15, 0.2) is 0 Å². The van der Waals surface area contributed by atoms with Gasteiger partial charge in [0.1, 0.15) is 11.6 Å². The van der Waals surface area contributed by atoms with E-state index in [1.54, 1.807) is 4.90 Å². The van der Waals surface area contributed by atoms with E-state index in [0.717, 1.165) is 30.7 Å². The Labute approximate surface area is 169 Å². The molecule has 2 saturated heterocycles. The predicted octanol–water partition coefficient (Wildman–Crippen LogP) is 2.64. The first-order chi connectivity index (χ1) is 13.7. The molecule has 0 unspecified atom stereocenters. The van der Waals surface area contributed by atoms with Crippen LogP contribution in [0.3, 0.4) is 0 Å². The molecule has 0 radical (unpaired) electrons. The largest absolute Gasteiger partial charge is 0.444 e. The molecule has 3 amide bonds. The number of fused-ring (bicyclic) bond motifs is 2. The maximum absolute atomic E-state index is 12.1. The van der Waals surface area contributed by atoms with Gasteiger partial charge in [-0.1, -0.05) is 0 Å². The zero-order valence-corrected chi connectivity index (χ0v) is 17.1. The van der Waals surface area contributed by atoms with Crippen molar-refractivity contribution in [3.8, 4) is 0 Å². The first-order valence-corrected chi connectivity index (χ1v) is 10.3. The minimum Gasteiger partial charge on any atom is -0.444 e. The summed E-state index contributed by atoms with van der Waals surface area (Å²) in [5, 5.41) is 21.8. The van der Waals surface area contributed by atoms with E-state index in [1.807, 2.05) is 20.8 Å². The fourth-order valence-electron chi connectivity index (χ4n) is 4.30. The quantitative estimate of drug-likeness (QED) is 0.720. The van der Waals surface area contributed by atoms with Gasteiger partial charge in [0.05, 0.1) is 6.04 Å². The molecule has 2 N–H and O–H groups in total. The number of hydroxylamine groups is 2. The number of amides is 3. The van der Waals surface area contributed by atoms with Crippen molar-refractivity contribution in [1.29, 1.82) is 0 Å². The average Bonchev–Trinajstić information content (AvgIpc) is 3.16. The average molecular weight is 407 g/mol. The summed E-state index contributed by atoms with van der Waals surface area (Å²) < 4.78 is 11.1. The van der Waals surface area contributed by atoms with Gasteiger partial charge in [0, 0.05) is 19.0 Å². The molecular weight excluding hydrogens is 378 g/mol. The van der Waals surface area contributed by atoms with Crippen LogP contribution >= 0.6 is 0 Å². The number of rotatable bonds is 5. The van der Waals surface area contributed by atoms with Crippen molar-refractivity contribution >= 4 is 12.1 Å². The lowest BCUT2D eigenvalue weighted by atomic mass is 9.77. The lowest BCUT2D eigenvalue weighted by Gasteiger charge is -2.36. The van der Waals surface area contributed by atoms with Gasteiger partial charge in [-0.25, -0.2) is 14.7 Å². The molecule has 3 heterocycles. The third-order valence-corrected chi connectivity index (χ3v) is 5.84. The summed E-state index contributed by atoms with van der Waals surface area (Å²) in [6.07, 6.45) is 4.47. The van der Waals surface area contributed by atoms with E-state index in [1.165, 1.54) is 0 Å². The number of alkyl carbamates (subject to hydrolysis) is 1. The molecule has 1 aromatic rings. The Hall–Kier alpha value is -2.36. The summed E-state index contributed by atoms with van der Waals surface area (Å²) >= 11 is 0. The van der Waals surface area contributed by atoms with Crippen LogP contribution in [0.15, 0.2) is 4.42 Å². The van der Waals surface area contributed by atoms with Gasteiger partial charge in [0.2, 0.25) is 11.8 Å². The van der Waals surface area contributed by atoms with Crippen LogP contribution in [0, 0.1) is 5.92 Å². The Balaban J connectivity index is 1.21. The van der Waals surface area contributed by atoms with Gasteiger partial charge >= 0.3 is 12.1 Å². The van der Waals surface area contributed by atoms with E-state index < -0.39 is 11.6 Å². The maximum Gasteiger partial charge on any atom is 0.407 e. The van der Waals surface area contributed by atoms with Crippen LogP contribution in [0.1, 0.15) is 70.7 Å². The summed E-state index contributed by atoms with van der Waals surface area (Å²) in [4.78, 5) is 25.5. The summed E-state index contributed by atoms with van der Waals surface area (Å²) in [5.41, 5.74) is -0.489. The molecular formula is C19H29N5O5. The molecule has 1 aromatic heterocycles. The number of urea groups is 1. The fraction of sp³-hybridized carbons (Fsp3) is 0.789. The van der Waals surface area contributed by atoms with E-state index in [4.69, 9.17) is 9.15 Å². The number of nitrogens with zero attached hydrogens (tertiary/aromatic N) is 4. The van der Waals surface area contributed by atoms with Gasteiger partial charge in [-0.05, 0) is 58.8 Å². The third-order valence-electron chi connectivity index (χ3n) is 5.84. The van der Waals surface area contributed by atoms with E-state index in [-0.39, 0.29) is 24.2 Å². The predicted molar refractivity (Wildman–Crippen MR) is 100.0 cm³/mol. The van der Waals surface area contributed by atoms with Crippen LogP contribution in [-0.4, -0.2) is 61.7 Å². The molecule has 0 aromatic carbocycles. The second kappa shape index (κ2) is 7.47. The monoisotopic (exact) mass is 407 g/mol. The second-order valence-corrected chi connectivity index (χ2v) is 9.28. The molecule has 0 spiro atoms. The van der Waals surface area contributed by atoms with Crippen LogP contribution in [0.25, 0.3) is 0 Å². The number of hydrogen-bond acceptors (Lipinski definition) is 7. The number of aryl methyl sites for hydroxylation is 1. The smallest absolute Gasteiger partial charge is 0.407 e. The topological polar surface area (TPSA) is 121 Å². The molecule has 1 aliphatic carbocycles. The first kappa shape index (κ1) is 19.9. The number of hydrogen-bond donors (Lipinski definition) is 2. The van der Waals surface area contributed by atoms with Gasteiger partial charge < -0.3 is 19.4 Å². The number of carbonyl (C=O) groups excluding carboxylic acids is 2. The molecule has 2 aliphatic heterocycles. The lowest BCUT2D eigenvalue weighted by molar-refractivity contribution is -0.0584. The number of ether oxygens (including phenoxy) is 1. The summed E-state index contributed by atoms with van der Waals surface area (Å²) in [5.74, 6) is 1.52. The van der Waals surface area contributed by atoms with Crippen molar-refractivity contribution in [1.82, 2.24) is 25.5 Å². The maximum atomic E-state index is 12.1. The van der Waals surface area contributed by atoms with Crippen LogP contribution < -0.4 is 5.32 Å². The van der Waals surface area contributed by atoms with Crippen molar-refractivity contribution < 1.29 is 24.0 Å². The van der Waals surface area contributed by atoms with E-state index in [2.05, 4.69) is 15.5 Å². The molecule has 3 aliphatic rings. The normalized spacial score (nSPS) is 29.0. The molecule has 10 nitrogen and oxygen atoms in total. The Bertz CT molecular complexity index is 769. The van der Waals surface area contributed by atoms with E-state index in [9.17, 15) is 14.8 Å². The summed E-state index contributed by atoms with van der Waals surface area (Å²) in [6, 6.07) is -0.633. The summed E-state index contributed by atoms with van der Waals surface area (Å²) in [7, 11) is 0. The Kier molecular flexibility index (Phi) is 5.14. The molecule has 1 saturated carbocycles. The molecule has 4 rings (SSSR count). The lowest BCUT2D eigenvalue weighted by Crippen LogP contribution is -2.46. The van der Waals surface area contributed by atoms with Crippen molar-refractivity contribution in [2.24, 2.45) is 5.92 Å². The molecule has 2 atom stereocenters. The highest BCUT2D eigenvalue weighted by Gasteiger charge is 2.46. The second-order valence-electron chi connectivity index (χ2n) is 9.28. The van der Waals surface area contributed by atoms with E-state index >= 15 is 0 Å². The van der Waals surface area contributed by atoms with Gasteiger partial charge in [-0.3, -0.25) is 5.21 Å². The fourth-order valence-corrected chi connectivity index (χ4v) is 4.30. The van der Waals surface area contributed by atoms with Gasteiger partial charge in [-0.15, -0.1) is 10.2 Å². The summed E-state index contributed by atoms with van der Waals surface area (Å²) in [6.45, 7) is 6.03. The molecule has 29 heavy (non-hydrogen) atoms. The standard InChI is InChI=1S/C19H29N5O5/c1-19(2,3)29-17(25)20-12-8-11(9-12)4-7-15-21-22-16(28-15)14-6-5-13-10-23(14)18(26)24(13)27/h11-14,27H,4-10H2,1-3H3,(H,20,25)/t11-,12-,13-,14-/m0/s1. The Morgan fingerprint density at radius 3 is 2.79 bits per heavy atom. The molecule has 160 valence electrons. The van der Waals surface area contributed by atoms with Gasteiger partial charge in [-0.2, -0.15) is 0 Å². The molecule has 3 fully saturated rings. The first-order valence-electron chi connectivity index (χ1n) is 10.3. The Morgan fingerprint density at radius 2 is 2.07 bits per heavy atom. The Morgan fingerprint density at radius 1 is 1.31 bits per heavy atom. The van der Waals surface area contributed by atoms with Crippen molar-refractivity contribution in [2.45, 2.75) is 83.0 Å². The number of carbonyl (C=O) groups is 2. The minimum absolute atomic E-state index is 0.137. The number of aromatic nitrogens is 2. The minimum atomic E-state index is -0.489. The highest BCUT2D eigenvalue weighted by molar-refractivity contribution is 5.76. The zero-order valence-electron chi connectivity index (χ0n) is 17.1. The zero-order chi connectivity index (χ0) is 20.8. The SMILES string of the molecule is CC(C)(C)OC(=O)N[C@H]1C[C@H](CCc2nnc([C@@H]3CC[C@H]4CN3C(=O)N4O)o2)C1. The van der Waals surface area contributed by atoms with Gasteiger partial charge in [0.25, 0.3) is 0 Å². The van der Waals surface area contributed by atoms with Crippen molar-refractivity contribution in [3.05, 3.63) is 11.8 Å². The third kappa shape index (κ3) is 4.31.